The van der Waals surface area contributed by atoms with E-state index < -0.39 is 48.9 Å². The summed E-state index contributed by atoms with van der Waals surface area (Å²) < 4.78 is 147. The van der Waals surface area contributed by atoms with Gasteiger partial charge in [-0.15, -0.1) is 0 Å². The van der Waals surface area contributed by atoms with E-state index in [0.717, 1.165) is 0 Å². The summed E-state index contributed by atoms with van der Waals surface area (Å²) in [6.07, 6.45) is 10.1. The molecule has 2 aliphatic heterocycles. The van der Waals surface area contributed by atoms with E-state index >= 15 is 25.3 Å². The van der Waals surface area contributed by atoms with Crippen molar-refractivity contribution in [3.8, 4) is 45.0 Å². The zero-order valence-corrected chi connectivity index (χ0v) is 61.5. The molecule has 0 saturated carbocycles. The molecule has 0 radical (unpaired) electrons. The molecule has 8 bridgehead atoms. The summed E-state index contributed by atoms with van der Waals surface area (Å²) in [7, 11) is -16.1. The highest BCUT2D eigenvalue weighted by Gasteiger charge is 2.37. The van der Waals surface area contributed by atoms with E-state index in [1.54, 1.807) is 171 Å². The highest BCUT2D eigenvalue weighted by Crippen LogP contribution is 2.44. The van der Waals surface area contributed by atoms with Crippen LogP contribution in [0.1, 0.15) is 6.42 Å². The van der Waals surface area contributed by atoms with Gasteiger partial charge < -0.3 is 23.2 Å². The molecule has 2 aliphatic rings. The largest absolute Gasteiger partial charge is 0.500 e. The molecule has 18 rings (SSSR count). The quantitative estimate of drug-likeness (QED) is 0.0264. The molecule has 534 valence electrons. The van der Waals surface area contributed by atoms with Crippen molar-refractivity contribution in [1.82, 2.24) is 54.6 Å². The van der Waals surface area contributed by atoms with Crippen LogP contribution in [0.25, 0.3) is 154 Å². The molecule has 0 aliphatic carbocycles. The van der Waals surface area contributed by atoms with E-state index in [0.29, 0.717) is 155 Å². The predicted molar refractivity (Wildman–Crippen MR) is 420 cm³/mol. The molecule has 0 atom stereocenters. The molecule has 25 nitrogen and oxygen atoms in total. The first-order valence-electron chi connectivity index (χ1n) is 33.8. The van der Waals surface area contributed by atoms with Crippen molar-refractivity contribution >= 4 is 175 Å². The second kappa shape index (κ2) is 25.9. The Morgan fingerprint density at radius 3 is 1.04 bits per heavy atom. The number of aromatic amines is 2. The zero-order valence-electron chi connectivity index (χ0n) is 57.2. The number of rotatable bonds is 18. The first-order chi connectivity index (χ1) is 52.2. The van der Waals surface area contributed by atoms with Gasteiger partial charge in [0.05, 0.1) is 92.5 Å². The number of aromatic nitrogens is 10. The third-order valence-electron chi connectivity index (χ3n) is 19.6. The van der Waals surface area contributed by atoms with Crippen LogP contribution in [-0.4, -0.2) is 120 Å². The second-order valence-electron chi connectivity index (χ2n) is 25.9. The van der Waals surface area contributed by atoms with Crippen LogP contribution in [0.15, 0.2) is 245 Å². The third-order valence-corrected chi connectivity index (χ3v) is 28.0. The summed E-state index contributed by atoms with van der Waals surface area (Å²) in [5, 5.41) is 5.42. The number of hydrogen-bond acceptors (Lipinski definition) is 19. The Hall–Kier alpha value is -12.1. The molecule has 0 saturated heterocycles. The maximum atomic E-state index is 15.1. The van der Waals surface area contributed by atoms with Crippen LogP contribution in [0, 0.1) is 0 Å². The maximum Gasteiger partial charge on any atom is 0.500 e. The minimum Gasteiger partial charge on any atom is -0.377 e. The first kappa shape index (κ1) is 67.8. The summed E-state index contributed by atoms with van der Waals surface area (Å²) in [5.41, 5.74) is 8.70. The number of sulfonamides is 4. The average molecular weight is 1520 g/mol. The Balaban J connectivity index is 0.847. The van der Waals surface area contributed by atoms with Crippen molar-refractivity contribution in [2.24, 2.45) is 0 Å². The molecule has 6 N–H and O–H groups in total. The normalized spacial score (nSPS) is 12.8. The second-order valence-corrected chi connectivity index (χ2v) is 35.8. The molecule has 0 unspecified atom stereocenters. The summed E-state index contributed by atoms with van der Waals surface area (Å²) in [6.45, 7) is 0.0169. The van der Waals surface area contributed by atoms with Crippen LogP contribution in [-0.2, 0) is 53.4 Å². The van der Waals surface area contributed by atoms with Gasteiger partial charge in [-0.1, -0.05) is 42.5 Å². The number of nitrogens with zero attached hydrogens (tertiary/aromatic N) is 8. The number of benzene rings is 7. The lowest BCUT2D eigenvalue weighted by molar-refractivity contribution is 0.123. The monoisotopic (exact) mass is 1520 g/mol. The fraction of sp³-hybridized carbons (Fsp3) is 0.0769. The van der Waals surface area contributed by atoms with Gasteiger partial charge in [-0.2, -0.15) is 0 Å². The Bertz CT molecular complexity index is 7240. The fourth-order valence-corrected chi connectivity index (χ4v) is 20.5. The molecule has 11 heterocycles. The van der Waals surface area contributed by atoms with Crippen molar-refractivity contribution in [2.45, 2.75) is 32.0 Å². The van der Waals surface area contributed by atoms with E-state index in [1.807, 2.05) is 18.2 Å². The topological polar surface area (TPSA) is 347 Å². The fourth-order valence-electron chi connectivity index (χ4n) is 14.4. The predicted octanol–water partition coefficient (Wildman–Crippen LogP) is 14.5. The Kier molecular flexibility index (Phi) is 16.2. The summed E-state index contributed by atoms with van der Waals surface area (Å²) in [4.78, 5) is 44.7. The zero-order chi connectivity index (χ0) is 74.0. The van der Waals surface area contributed by atoms with Gasteiger partial charge in [0, 0.05) is 169 Å². The average Bonchev–Trinajstić information content (AvgIpc) is 1.41. The first-order valence-corrected chi connectivity index (χ1v) is 41.6. The maximum absolute atomic E-state index is 15.1. The molecule has 0 spiro atoms. The number of fused-ring (bicyclic) bond motifs is 29. The Morgan fingerprint density at radius 1 is 0.333 bits per heavy atom. The number of hydrogen-bond donors (Lipinski definition) is 6. The molecule has 0 fully saturated rings. The molecular formula is C78H58N14O11S4Si. The van der Waals surface area contributed by atoms with Gasteiger partial charge in [0.25, 0.3) is 30.1 Å². The van der Waals surface area contributed by atoms with Crippen molar-refractivity contribution in [3.05, 3.63) is 225 Å². The van der Waals surface area contributed by atoms with Gasteiger partial charge in [-0.3, -0.25) is 44.1 Å². The smallest absolute Gasteiger partial charge is 0.377 e. The van der Waals surface area contributed by atoms with Crippen LogP contribution in [0.5, 0.6) is 0 Å². The lowest BCUT2D eigenvalue weighted by Crippen LogP contribution is -2.43. The number of pyridine rings is 6. The summed E-state index contributed by atoms with van der Waals surface area (Å²) >= 11 is 0. The van der Waals surface area contributed by atoms with Crippen LogP contribution in [0.3, 0.4) is 0 Å². The number of H-pyrrole nitrogens is 2. The van der Waals surface area contributed by atoms with Crippen molar-refractivity contribution in [3.63, 3.8) is 0 Å². The van der Waals surface area contributed by atoms with Gasteiger partial charge >= 0.3 is 8.80 Å². The molecule has 9 aromatic heterocycles. The van der Waals surface area contributed by atoms with Crippen molar-refractivity contribution in [2.75, 3.05) is 42.0 Å². The van der Waals surface area contributed by atoms with Crippen LogP contribution in [0.4, 0.5) is 17.1 Å². The van der Waals surface area contributed by atoms with Gasteiger partial charge in [0.15, 0.2) is 0 Å². The highest BCUT2D eigenvalue weighted by molar-refractivity contribution is 7.93. The molecule has 7 aromatic carbocycles. The standard InChI is InChI=1S/C78H58N14O11S4Si/c1-101-108(102-2,103-3)32-10-31-85-104(93,94)47-17-21-51-58(36-47)66-42-67-59-37-48(105(95,96)90-70-33-44-11-4-25-79-73(44)76-55(70)14-7-28-82-76)18-22-52(59)64(87-67)41-65-54-24-20-50(107(99,100)92-72-35-46-13-6-27-81-75(46)78-57(72)16-9-30-84-78)39-61(54)69(89-65)43-68-60-38-49(19-23-53(60)63(88-68)40-62(51)86-66)106(97,98)91-71-34-45-12-5-26-80-74(45)77-56(71)15-8-29-83-77/h4-9,11-30,33-43,85-86,89-92H,10,31-32H2,1-3H3. The van der Waals surface area contributed by atoms with E-state index in [-0.39, 0.29) is 54.6 Å². The van der Waals surface area contributed by atoms with Gasteiger partial charge in [0.2, 0.25) is 10.0 Å². The van der Waals surface area contributed by atoms with Crippen LogP contribution >= 0.6 is 0 Å². The molecule has 30 heteroatoms. The minimum atomic E-state index is -4.42. The van der Waals surface area contributed by atoms with Gasteiger partial charge in [0.1, 0.15) is 0 Å². The number of anilines is 3. The van der Waals surface area contributed by atoms with Gasteiger partial charge in [-0.05, 0) is 152 Å². The summed E-state index contributed by atoms with van der Waals surface area (Å²) in [6, 6.07) is 52.4. The Morgan fingerprint density at radius 2 is 0.657 bits per heavy atom. The third kappa shape index (κ3) is 11.7. The van der Waals surface area contributed by atoms with E-state index in [4.69, 9.17) is 23.2 Å². The lowest BCUT2D eigenvalue weighted by atomic mass is 10.0. The SMILES string of the molecule is CO[Si](CCCNS(=O)(=O)c1ccc2c3cc4nc(cc5[nH]c(cc6nc(cc([nH]3)c2c1)-c1cc(S(=O)(=O)Nc2cc3cccnc3c3ncccc23)ccc1-6)c1ccc(S(=O)(=O)Nc2cc3cccnc3c3ncccc23)cc51)-c1cc(S(=O)(=O)Nc2cc3cccnc3c3ncccc23)ccc1-4)(OC)OC. The summed E-state index contributed by atoms with van der Waals surface area (Å²) in [5.74, 6) is 0. The van der Waals surface area contributed by atoms with E-state index in [9.17, 15) is 8.42 Å². The Labute approximate surface area is 616 Å². The van der Waals surface area contributed by atoms with E-state index in [1.165, 1.54) is 57.7 Å². The molecule has 108 heavy (non-hydrogen) atoms. The van der Waals surface area contributed by atoms with Crippen LogP contribution < -0.4 is 18.9 Å². The molecule has 0 amide bonds. The molecule has 16 aromatic rings. The lowest BCUT2D eigenvalue weighted by Gasteiger charge is -2.24. The highest BCUT2D eigenvalue weighted by atomic mass is 32.2. The van der Waals surface area contributed by atoms with Crippen molar-refractivity contribution < 1.29 is 46.9 Å². The van der Waals surface area contributed by atoms with Crippen LogP contribution in [0.2, 0.25) is 6.04 Å². The van der Waals surface area contributed by atoms with Gasteiger partial charge in [-0.25, -0.2) is 48.4 Å². The van der Waals surface area contributed by atoms with E-state index in [2.05, 4.69) is 58.8 Å². The van der Waals surface area contributed by atoms with Crippen molar-refractivity contribution in [1.29, 1.82) is 0 Å². The number of nitrogens with one attached hydrogen (secondary N) is 6. The minimum absolute atomic E-state index is 0.0169. The molecular weight excluding hydrogens is 1470 g/mol.